The zero-order chi connectivity index (χ0) is 25.8. The average molecular weight is 512 g/mol. The lowest BCUT2D eigenvalue weighted by Crippen LogP contribution is -2.51. The summed E-state index contributed by atoms with van der Waals surface area (Å²) >= 11 is 0. The fourth-order valence-corrected chi connectivity index (χ4v) is 5.72. The van der Waals surface area contributed by atoms with Crippen molar-refractivity contribution in [3.8, 4) is 22.9 Å². The monoisotopic (exact) mass is 511 g/mol. The highest BCUT2D eigenvalue weighted by atomic mass is 19.1. The number of anilines is 1. The third kappa shape index (κ3) is 3.90. The molecule has 0 spiro atoms. The first-order valence-corrected chi connectivity index (χ1v) is 12.8. The Labute approximate surface area is 218 Å². The standard InChI is InChI=1S/C29H26FN5O3/c1-16-25(38-15-31-16)14-37-29-33-27-23(28(34-29)35-12-18-6-7-19(13-35)32-18)9-8-22(26(27)30)24-11-20(36)10-17-4-2-3-5-21(17)24/h2-5,8-11,15,18-19,32,36H,6-7,12-14H2,1H3/t18-,19+. The minimum absolute atomic E-state index is 0.0734. The van der Waals surface area contributed by atoms with Crippen LogP contribution < -0.4 is 15.0 Å². The predicted octanol–water partition coefficient (Wildman–Crippen LogP) is 5.11. The second-order valence-electron chi connectivity index (χ2n) is 10.1. The molecule has 7 rings (SSSR count). The lowest BCUT2D eigenvalue weighted by atomic mass is 9.96. The van der Waals surface area contributed by atoms with E-state index < -0.39 is 5.82 Å². The molecule has 2 bridgehead atoms. The van der Waals surface area contributed by atoms with Gasteiger partial charge in [-0.3, -0.25) is 0 Å². The SMILES string of the molecule is Cc1ncoc1COc1nc(N2C[C@H]3CC[C@@H](C2)N3)c2ccc(-c3cc(O)cc4ccccc34)c(F)c2n1. The number of aromatic hydroxyl groups is 1. The molecule has 2 N–H and O–H groups in total. The number of nitrogens with zero attached hydrogens (tertiary/aromatic N) is 4. The van der Waals surface area contributed by atoms with Gasteiger partial charge in [0, 0.05) is 36.1 Å². The maximum Gasteiger partial charge on any atom is 0.319 e. The molecule has 0 radical (unpaired) electrons. The van der Waals surface area contributed by atoms with Crippen LogP contribution in [0.15, 0.2) is 59.3 Å². The smallest absolute Gasteiger partial charge is 0.319 e. The molecule has 2 aliphatic rings. The first-order chi connectivity index (χ1) is 18.5. The van der Waals surface area contributed by atoms with E-state index >= 15 is 4.39 Å². The highest BCUT2D eigenvalue weighted by Gasteiger charge is 2.34. The van der Waals surface area contributed by atoms with Crippen molar-refractivity contribution < 1.29 is 18.7 Å². The summed E-state index contributed by atoms with van der Waals surface area (Å²) in [4.78, 5) is 15.6. The molecule has 0 aliphatic carbocycles. The van der Waals surface area contributed by atoms with Crippen LogP contribution in [0.1, 0.15) is 24.3 Å². The molecule has 2 atom stereocenters. The van der Waals surface area contributed by atoms with E-state index in [1.165, 1.54) is 6.39 Å². The van der Waals surface area contributed by atoms with Gasteiger partial charge in [0.1, 0.15) is 17.1 Å². The average Bonchev–Trinajstić information content (AvgIpc) is 3.50. The van der Waals surface area contributed by atoms with Gasteiger partial charge in [0.2, 0.25) is 0 Å². The van der Waals surface area contributed by atoms with E-state index in [2.05, 4.69) is 20.2 Å². The van der Waals surface area contributed by atoms with Gasteiger partial charge in [-0.15, -0.1) is 0 Å². The van der Waals surface area contributed by atoms with Crippen molar-refractivity contribution in [1.29, 1.82) is 0 Å². The maximum absolute atomic E-state index is 16.4. The lowest BCUT2D eigenvalue weighted by molar-refractivity contribution is 0.250. The Bertz CT molecular complexity index is 1670. The van der Waals surface area contributed by atoms with Crippen LogP contribution in [-0.2, 0) is 6.61 Å². The normalized spacial score (nSPS) is 18.9. The quantitative estimate of drug-likeness (QED) is 0.336. The molecular weight excluding hydrogens is 485 g/mol. The van der Waals surface area contributed by atoms with E-state index in [1.54, 1.807) is 18.2 Å². The molecule has 2 aromatic heterocycles. The van der Waals surface area contributed by atoms with Crippen LogP contribution in [0, 0.1) is 12.7 Å². The van der Waals surface area contributed by atoms with Crippen LogP contribution in [-0.4, -0.2) is 45.2 Å². The van der Waals surface area contributed by atoms with Crippen LogP contribution in [0.3, 0.4) is 0 Å². The number of halogens is 1. The maximum atomic E-state index is 16.4. The Balaban J connectivity index is 1.38. The highest BCUT2D eigenvalue weighted by Crippen LogP contribution is 2.39. The topological polar surface area (TPSA) is 96.5 Å². The number of benzene rings is 3. The number of nitrogens with one attached hydrogen (secondary N) is 1. The summed E-state index contributed by atoms with van der Waals surface area (Å²) in [6.07, 6.45) is 3.59. The predicted molar refractivity (Wildman–Crippen MR) is 142 cm³/mol. The van der Waals surface area contributed by atoms with Crippen molar-refractivity contribution in [3.05, 3.63) is 72.2 Å². The largest absolute Gasteiger partial charge is 0.508 e. The van der Waals surface area contributed by atoms with Crippen LogP contribution in [0.2, 0.25) is 0 Å². The molecule has 9 heteroatoms. The van der Waals surface area contributed by atoms with Crippen LogP contribution in [0.4, 0.5) is 10.2 Å². The second kappa shape index (κ2) is 8.95. The van der Waals surface area contributed by atoms with Crippen molar-refractivity contribution in [2.45, 2.75) is 38.5 Å². The zero-order valence-electron chi connectivity index (χ0n) is 20.8. The van der Waals surface area contributed by atoms with Crippen LogP contribution in [0.5, 0.6) is 11.8 Å². The van der Waals surface area contributed by atoms with Gasteiger partial charge in [-0.05, 0) is 54.3 Å². The molecule has 0 amide bonds. The number of fused-ring (bicyclic) bond motifs is 4. The molecule has 3 aromatic carbocycles. The van der Waals surface area contributed by atoms with Gasteiger partial charge in [0.15, 0.2) is 24.6 Å². The molecule has 0 unspecified atom stereocenters. The number of hydrogen-bond donors (Lipinski definition) is 2. The molecule has 38 heavy (non-hydrogen) atoms. The number of phenols is 1. The molecule has 192 valence electrons. The number of hydrogen-bond acceptors (Lipinski definition) is 8. The number of rotatable bonds is 5. The van der Waals surface area contributed by atoms with E-state index in [1.807, 2.05) is 37.3 Å². The van der Waals surface area contributed by atoms with E-state index in [-0.39, 0.29) is 23.9 Å². The zero-order valence-corrected chi connectivity index (χ0v) is 20.8. The fraction of sp³-hybridized carbons (Fsp3) is 0.276. The van der Waals surface area contributed by atoms with Gasteiger partial charge in [-0.2, -0.15) is 9.97 Å². The van der Waals surface area contributed by atoms with Crippen molar-refractivity contribution in [2.75, 3.05) is 18.0 Å². The summed E-state index contributed by atoms with van der Waals surface area (Å²) in [5, 5.41) is 16.3. The third-order valence-corrected chi connectivity index (χ3v) is 7.60. The molecule has 2 saturated heterocycles. The Morgan fingerprint density at radius 1 is 1.05 bits per heavy atom. The molecule has 0 saturated carbocycles. The number of piperazine rings is 1. The summed E-state index contributed by atoms with van der Waals surface area (Å²) in [6, 6.07) is 15.3. The fourth-order valence-electron chi connectivity index (χ4n) is 5.72. The van der Waals surface area contributed by atoms with Crippen LogP contribution in [0.25, 0.3) is 32.8 Å². The molecule has 4 heterocycles. The Morgan fingerprint density at radius 3 is 2.66 bits per heavy atom. The van der Waals surface area contributed by atoms with Crippen molar-refractivity contribution in [3.63, 3.8) is 0 Å². The summed E-state index contributed by atoms with van der Waals surface area (Å²) in [7, 11) is 0. The summed E-state index contributed by atoms with van der Waals surface area (Å²) in [6.45, 7) is 3.48. The van der Waals surface area contributed by atoms with Crippen molar-refractivity contribution in [1.82, 2.24) is 20.3 Å². The van der Waals surface area contributed by atoms with Gasteiger partial charge >= 0.3 is 6.01 Å². The van der Waals surface area contributed by atoms with Crippen LogP contribution >= 0.6 is 0 Å². The van der Waals surface area contributed by atoms with Gasteiger partial charge in [-0.1, -0.05) is 30.3 Å². The van der Waals surface area contributed by atoms with E-state index in [0.717, 1.165) is 36.7 Å². The first kappa shape index (κ1) is 22.9. The van der Waals surface area contributed by atoms with Gasteiger partial charge in [0.05, 0.1) is 5.69 Å². The first-order valence-electron chi connectivity index (χ1n) is 12.8. The number of phenolic OH excluding ortho intramolecular Hbond substituents is 1. The van der Waals surface area contributed by atoms with Gasteiger partial charge in [0.25, 0.3) is 0 Å². The molecule has 5 aromatic rings. The van der Waals surface area contributed by atoms with Crippen molar-refractivity contribution in [2.24, 2.45) is 0 Å². The minimum atomic E-state index is -0.485. The minimum Gasteiger partial charge on any atom is -0.508 e. The lowest BCUT2D eigenvalue weighted by Gasteiger charge is -2.34. The number of aryl methyl sites for hydroxylation is 1. The Kier molecular flexibility index (Phi) is 5.40. The summed E-state index contributed by atoms with van der Waals surface area (Å²) < 4.78 is 27.7. The molecule has 2 aliphatic heterocycles. The van der Waals surface area contributed by atoms with Gasteiger partial charge < -0.3 is 24.5 Å². The molecule has 8 nitrogen and oxygen atoms in total. The number of aromatic nitrogens is 3. The highest BCUT2D eigenvalue weighted by molar-refractivity contribution is 6.01. The number of oxazole rings is 1. The Morgan fingerprint density at radius 2 is 1.87 bits per heavy atom. The summed E-state index contributed by atoms with van der Waals surface area (Å²) in [5.41, 5.74) is 1.84. The van der Waals surface area contributed by atoms with E-state index in [4.69, 9.17) is 14.1 Å². The molecule has 2 fully saturated rings. The third-order valence-electron chi connectivity index (χ3n) is 7.60. The Hall–Kier alpha value is -4.24. The molecular formula is C29H26FN5O3. The number of ether oxygens (including phenoxy) is 1. The van der Waals surface area contributed by atoms with Crippen molar-refractivity contribution >= 4 is 27.5 Å². The van der Waals surface area contributed by atoms with E-state index in [9.17, 15) is 5.11 Å². The second-order valence-corrected chi connectivity index (χ2v) is 10.1. The summed E-state index contributed by atoms with van der Waals surface area (Å²) in [5.74, 6) is 0.810. The van der Waals surface area contributed by atoms with Gasteiger partial charge in [-0.25, -0.2) is 9.37 Å². The van der Waals surface area contributed by atoms with E-state index in [0.29, 0.717) is 45.9 Å².